The lowest BCUT2D eigenvalue weighted by atomic mass is 10.2. The molecule has 0 spiro atoms. The van der Waals surface area contributed by atoms with Crippen LogP contribution >= 0.6 is 11.6 Å². The van der Waals surface area contributed by atoms with Crippen molar-refractivity contribution in [1.82, 2.24) is 0 Å². The summed E-state index contributed by atoms with van der Waals surface area (Å²) in [5.41, 5.74) is 0.719. The number of ether oxygens (including phenoxy) is 4. The van der Waals surface area contributed by atoms with Gasteiger partial charge in [0, 0.05) is 5.88 Å². The Labute approximate surface area is 133 Å². The van der Waals surface area contributed by atoms with E-state index in [1.165, 1.54) is 12.1 Å². The molecule has 0 aliphatic rings. The molecule has 0 aromatic heterocycles. The van der Waals surface area contributed by atoms with E-state index in [4.69, 9.17) is 25.8 Å². The van der Waals surface area contributed by atoms with Crippen molar-refractivity contribution >= 4 is 30.0 Å². The van der Waals surface area contributed by atoms with Crippen molar-refractivity contribution in [1.29, 1.82) is 0 Å². The standard InChI is InChI=1S/C15H17ClO6/c1-3-19-14(17)21-12-8-7-11(6-5-9-16)10-13(12)22-15(18)20-4-2/h5-8,10H,3-4,9H2,1-2H3/b6-5+. The molecular weight excluding hydrogens is 312 g/mol. The number of carbonyl (C=O) groups excluding carboxylic acids is 2. The molecule has 0 unspecified atom stereocenters. The smallest absolute Gasteiger partial charge is 0.434 e. The molecule has 120 valence electrons. The van der Waals surface area contributed by atoms with Crippen molar-refractivity contribution in [2.75, 3.05) is 19.1 Å². The third kappa shape index (κ3) is 6.05. The van der Waals surface area contributed by atoms with Crippen molar-refractivity contribution in [3.8, 4) is 11.5 Å². The summed E-state index contributed by atoms with van der Waals surface area (Å²) in [4.78, 5) is 22.8. The largest absolute Gasteiger partial charge is 0.513 e. The zero-order chi connectivity index (χ0) is 16.4. The maximum absolute atomic E-state index is 11.4. The topological polar surface area (TPSA) is 71.1 Å². The van der Waals surface area contributed by atoms with Crippen LogP contribution < -0.4 is 9.47 Å². The van der Waals surface area contributed by atoms with Gasteiger partial charge in [-0.3, -0.25) is 0 Å². The molecule has 6 nitrogen and oxygen atoms in total. The van der Waals surface area contributed by atoms with Crippen LogP contribution in [0.4, 0.5) is 9.59 Å². The fourth-order valence-corrected chi connectivity index (χ4v) is 1.54. The second-order valence-corrected chi connectivity index (χ2v) is 4.14. The molecule has 0 radical (unpaired) electrons. The molecule has 0 amide bonds. The van der Waals surface area contributed by atoms with Crippen LogP contribution in [0, 0.1) is 0 Å². The van der Waals surface area contributed by atoms with E-state index in [0.717, 1.165) is 5.56 Å². The third-order valence-corrected chi connectivity index (χ3v) is 2.46. The molecule has 0 fully saturated rings. The van der Waals surface area contributed by atoms with Crippen LogP contribution in [0.25, 0.3) is 6.08 Å². The van der Waals surface area contributed by atoms with Gasteiger partial charge in [0.2, 0.25) is 0 Å². The van der Waals surface area contributed by atoms with Crippen LogP contribution in [0.15, 0.2) is 24.3 Å². The molecule has 22 heavy (non-hydrogen) atoms. The summed E-state index contributed by atoms with van der Waals surface area (Å²) < 4.78 is 19.4. The number of carbonyl (C=O) groups is 2. The lowest BCUT2D eigenvalue weighted by molar-refractivity contribution is 0.0939. The van der Waals surface area contributed by atoms with E-state index in [0.29, 0.717) is 5.88 Å². The molecule has 1 aromatic rings. The van der Waals surface area contributed by atoms with E-state index in [1.54, 1.807) is 32.1 Å². The highest BCUT2D eigenvalue weighted by Gasteiger charge is 2.15. The Bertz CT molecular complexity index is 541. The van der Waals surface area contributed by atoms with Crippen molar-refractivity contribution in [3.63, 3.8) is 0 Å². The molecule has 0 N–H and O–H groups in total. The lowest BCUT2D eigenvalue weighted by Gasteiger charge is -2.10. The highest BCUT2D eigenvalue weighted by Crippen LogP contribution is 2.29. The Kier molecular flexibility index (Phi) is 7.85. The van der Waals surface area contributed by atoms with Gasteiger partial charge in [-0.05, 0) is 31.5 Å². The van der Waals surface area contributed by atoms with Gasteiger partial charge >= 0.3 is 12.3 Å². The van der Waals surface area contributed by atoms with Gasteiger partial charge in [-0.25, -0.2) is 9.59 Å². The lowest BCUT2D eigenvalue weighted by Crippen LogP contribution is -2.14. The summed E-state index contributed by atoms with van der Waals surface area (Å²) in [6.07, 6.45) is 1.67. The monoisotopic (exact) mass is 328 g/mol. The summed E-state index contributed by atoms with van der Waals surface area (Å²) >= 11 is 5.57. The normalized spacial score (nSPS) is 10.3. The summed E-state index contributed by atoms with van der Waals surface area (Å²) in [6, 6.07) is 4.68. The van der Waals surface area contributed by atoms with E-state index in [-0.39, 0.29) is 24.7 Å². The Balaban J connectivity index is 2.99. The molecule has 0 heterocycles. The van der Waals surface area contributed by atoms with Gasteiger partial charge in [0.15, 0.2) is 11.5 Å². The predicted octanol–water partition coefficient (Wildman–Crippen LogP) is 4.01. The molecule has 0 bridgehead atoms. The Hall–Kier alpha value is -2.21. The second kappa shape index (κ2) is 9.68. The van der Waals surface area contributed by atoms with Crippen molar-refractivity contribution in [3.05, 3.63) is 29.8 Å². The highest BCUT2D eigenvalue weighted by atomic mass is 35.5. The second-order valence-electron chi connectivity index (χ2n) is 3.83. The van der Waals surface area contributed by atoms with E-state index in [2.05, 4.69) is 4.74 Å². The first-order valence-electron chi connectivity index (χ1n) is 6.66. The van der Waals surface area contributed by atoms with Gasteiger partial charge < -0.3 is 18.9 Å². The van der Waals surface area contributed by atoms with Crippen molar-refractivity contribution in [2.24, 2.45) is 0 Å². The molecule has 0 aliphatic heterocycles. The van der Waals surface area contributed by atoms with Crippen molar-refractivity contribution in [2.45, 2.75) is 13.8 Å². The molecule has 0 atom stereocenters. The van der Waals surface area contributed by atoms with Gasteiger partial charge in [-0.2, -0.15) is 0 Å². The predicted molar refractivity (Wildman–Crippen MR) is 81.5 cm³/mol. The molecule has 1 rings (SSSR count). The maximum Gasteiger partial charge on any atom is 0.513 e. The van der Waals surface area contributed by atoms with Crippen LogP contribution in [-0.2, 0) is 9.47 Å². The van der Waals surface area contributed by atoms with Crippen LogP contribution in [0.5, 0.6) is 11.5 Å². The fourth-order valence-electron chi connectivity index (χ4n) is 1.45. The third-order valence-electron chi connectivity index (χ3n) is 2.28. The molecule has 0 saturated heterocycles. The average molecular weight is 329 g/mol. The molecule has 1 aromatic carbocycles. The van der Waals surface area contributed by atoms with Gasteiger partial charge in [-0.15, -0.1) is 11.6 Å². The summed E-state index contributed by atoms with van der Waals surface area (Å²) in [5.74, 6) is 0.438. The van der Waals surface area contributed by atoms with E-state index < -0.39 is 12.3 Å². The minimum Gasteiger partial charge on any atom is -0.434 e. The van der Waals surface area contributed by atoms with Crippen molar-refractivity contribution < 1.29 is 28.5 Å². The Morgan fingerprint density at radius 2 is 1.64 bits per heavy atom. The number of hydrogen-bond acceptors (Lipinski definition) is 6. The average Bonchev–Trinajstić information content (AvgIpc) is 2.48. The molecular formula is C15H17ClO6. The Morgan fingerprint density at radius 1 is 1.05 bits per heavy atom. The van der Waals surface area contributed by atoms with E-state index >= 15 is 0 Å². The number of rotatable bonds is 6. The van der Waals surface area contributed by atoms with Gasteiger partial charge in [0.1, 0.15) is 0 Å². The highest BCUT2D eigenvalue weighted by molar-refractivity contribution is 6.19. The summed E-state index contributed by atoms with van der Waals surface area (Å²) in [7, 11) is 0. The summed E-state index contributed by atoms with van der Waals surface area (Å²) in [5, 5.41) is 0. The molecule has 0 aliphatic carbocycles. The van der Waals surface area contributed by atoms with Crippen LogP contribution in [0.2, 0.25) is 0 Å². The summed E-state index contributed by atoms with van der Waals surface area (Å²) in [6.45, 7) is 3.64. The zero-order valence-corrected chi connectivity index (χ0v) is 13.1. The maximum atomic E-state index is 11.4. The molecule has 0 saturated carbocycles. The fraction of sp³-hybridized carbons (Fsp3) is 0.333. The first kappa shape index (κ1) is 17.8. The zero-order valence-electron chi connectivity index (χ0n) is 12.3. The number of hydrogen-bond donors (Lipinski definition) is 0. The number of halogens is 1. The SMILES string of the molecule is CCOC(=O)Oc1ccc(/C=C/CCl)cc1OC(=O)OCC. The first-order valence-corrected chi connectivity index (χ1v) is 7.19. The van der Waals surface area contributed by atoms with Gasteiger partial charge in [0.05, 0.1) is 13.2 Å². The Morgan fingerprint density at radius 3 is 2.18 bits per heavy atom. The van der Waals surface area contributed by atoms with Crippen LogP contribution in [0.3, 0.4) is 0 Å². The number of benzene rings is 1. The number of alkyl halides is 1. The number of allylic oxidation sites excluding steroid dienone is 1. The van der Waals surface area contributed by atoms with Crippen LogP contribution in [0.1, 0.15) is 19.4 Å². The van der Waals surface area contributed by atoms with E-state index in [9.17, 15) is 9.59 Å². The van der Waals surface area contributed by atoms with Gasteiger partial charge in [-0.1, -0.05) is 18.2 Å². The van der Waals surface area contributed by atoms with Gasteiger partial charge in [0.25, 0.3) is 0 Å². The minimum atomic E-state index is -0.894. The van der Waals surface area contributed by atoms with E-state index in [1.807, 2.05) is 0 Å². The molecule has 7 heteroatoms. The minimum absolute atomic E-state index is 0.0447. The van der Waals surface area contributed by atoms with Crippen LogP contribution in [-0.4, -0.2) is 31.4 Å². The first-order chi connectivity index (χ1) is 10.6. The quantitative estimate of drug-likeness (QED) is 0.446.